The zero-order valence-corrected chi connectivity index (χ0v) is 9.45. The first-order chi connectivity index (χ1) is 6.77. The van der Waals surface area contributed by atoms with Crippen molar-refractivity contribution in [2.45, 2.75) is 20.0 Å². The van der Waals surface area contributed by atoms with E-state index >= 15 is 0 Å². The Kier molecular flexibility index (Phi) is 10.8. The molecule has 0 aliphatic carbocycles. The monoisotopic (exact) mass is 206 g/mol. The van der Waals surface area contributed by atoms with Crippen LogP contribution in [0.5, 0.6) is 0 Å². The predicted octanol–water partition coefficient (Wildman–Crippen LogP) is 1.09. The maximum Gasteiger partial charge on any atom is 0.0703 e. The van der Waals surface area contributed by atoms with Crippen LogP contribution in [0.1, 0.15) is 13.8 Å². The molecule has 0 fully saturated rings. The molecule has 0 aromatic heterocycles. The molecule has 0 saturated carbocycles. The first-order valence-electron chi connectivity index (χ1n) is 5.03. The van der Waals surface area contributed by atoms with Gasteiger partial charge in [0.2, 0.25) is 0 Å². The second-order valence-electron chi connectivity index (χ2n) is 3.14. The fourth-order valence-electron chi connectivity index (χ4n) is 0.807. The summed E-state index contributed by atoms with van der Waals surface area (Å²) in [6.45, 7) is 7.79. The molecule has 0 aliphatic heterocycles. The third kappa shape index (κ3) is 11.8. The molecule has 0 amide bonds. The van der Waals surface area contributed by atoms with E-state index in [4.69, 9.17) is 18.9 Å². The van der Waals surface area contributed by atoms with Crippen molar-refractivity contribution in [1.29, 1.82) is 0 Å². The van der Waals surface area contributed by atoms with E-state index in [2.05, 4.69) is 0 Å². The molecule has 0 atom stereocenters. The SMILES string of the molecule is COCCOCCOCCOC(C)C. The van der Waals surface area contributed by atoms with Crippen LogP contribution in [-0.4, -0.2) is 52.9 Å². The lowest BCUT2D eigenvalue weighted by atomic mass is 10.5. The van der Waals surface area contributed by atoms with Gasteiger partial charge in [0, 0.05) is 7.11 Å². The van der Waals surface area contributed by atoms with Crippen LogP contribution in [0.2, 0.25) is 0 Å². The van der Waals surface area contributed by atoms with E-state index in [9.17, 15) is 0 Å². The summed E-state index contributed by atoms with van der Waals surface area (Å²) in [4.78, 5) is 0. The van der Waals surface area contributed by atoms with E-state index in [1.807, 2.05) is 13.8 Å². The van der Waals surface area contributed by atoms with Gasteiger partial charge in [0.25, 0.3) is 0 Å². The van der Waals surface area contributed by atoms with Crippen molar-refractivity contribution in [1.82, 2.24) is 0 Å². The van der Waals surface area contributed by atoms with Gasteiger partial charge < -0.3 is 18.9 Å². The number of methoxy groups -OCH3 is 1. The summed E-state index contributed by atoms with van der Waals surface area (Å²) in [5.41, 5.74) is 0. The quantitative estimate of drug-likeness (QED) is 0.501. The van der Waals surface area contributed by atoms with Gasteiger partial charge in [-0.05, 0) is 13.8 Å². The molecule has 0 spiro atoms. The maximum atomic E-state index is 5.30. The highest BCUT2D eigenvalue weighted by Crippen LogP contribution is 1.87. The van der Waals surface area contributed by atoms with Gasteiger partial charge in [0.05, 0.1) is 45.7 Å². The Bertz CT molecular complexity index is 106. The summed E-state index contributed by atoms with van der Waals surface area (Å²) >= 11 is 0. The molecule has 4 nitrogen and oxygen atoms in total. The zero-order valence-electron chi connectivity index (χ0n) is 9.45. The van der Waals surface area contributed by atoms with Gasteiger partial charge in [-0.1, -0.05) is 0 Å². The molecule has 0 unspecified atom stereocenters. The molecular formula is C10H22O4. The van der Waals surface area contributed by atoms with Gasteiger partial charge in [0.1, 0.15) is 0 Å². The van der Waals surface area contributed by atoms with Crippen molar-refractivity contribution in [2.24, 2.45) is 0 Å². The van der Waals surface area contributed by atoms with Crippen LogP contribution in [-0.2, 0) is 18.9 Å². The summed E-state index contributed by atoms with van der Waals surface area (Å²) < 4.78 is 20.6. The second-order valence-corrected chi connectivity index (χ2v) is 3.14. The van der Waals surface area contributed by atoms with Crippen LogP contribution in [0, 0.1) is 0 Å². The molecule has 0 rings (SSSR count). The third-order valence-corrected chi connectivity index (χ3v) is 1.48. The summed E-state index contributed by atoms with van der Waals surface area (Å²) in [6, 6.07) is 0. The van der Waals surface area contributed by atoms with Crippen molar-refractivity contribution in [3.63, 3.8) is 0 Å². The van der Waals surface area contributed by atoms with Crippen LogP contribution < -0.4 is 0 Å². The second kappa shape index (κ2) is 10.9. The van der Waals surface area contributed by atoms with Gasteiger partial charge in [-0.25, -0.2) is 0 Å². The van der Waals surface area contributed by atoms with Crippen molar-refractivity contribution in [3.8, 4) is 0 Å². The number of rotatable bonds is 10. The van der Waals surface area contributed by atoms with Crippen LogP contribution in [0.25, 0.3) is 0 Å². The topological polar surface area (TPSA) is 36.9 Å². The average Bonchev–Trinajstić information content (AvgIpc) is 2.15. The molecule has 0 aliphatic rings. The lowest BCUT2D eigenvalue weighted by Crippen LogP contribution is -2.13. The number of ether oxygens (including phenoxy) is 4. The Labute approximate surface area is 86.5 Å². The Hall–Kier alpha value is -0.160. The molecule has 0 aromatic carbocycles. The summed E-state index contributed by atoms with van der Waals surface area (Å²) in [7, 11) is 1.66. The molecule has 0 radical (unpaired) electrons. The lowest BCUT2D eigenvalue weighted by Gasteiger charge is -2.08. The van der Waals surface area contributed by atoms with Gasteiger partial charge >= 0.3 is 0 Å². The predicted molar refractivity (Wildman–Crippen MR) is 54.6 cm³/mol. The van der Waals surface area contributed by atoms with Crippen molar-refractivity contribution >= 4 is 0 Å². The van der Waals surface area contributed by atoms with Crippen LogP contribution in [0.3, 0.4) is 0 Å². The molecule has 0 saturated heterocycles. The smallest absolute Gasteiger partial charge is 0.0703 e. The van der Waals surface area contributed by atoms with E-state index in [0.29, 0.717) is 39.6 Å². The maximum absolute atomic E-state index is 5.30. The summed E-state index contributed by atoms with van der Waals surface area (Å²) in [6.07, 6.45) is 0.275. The molecule has 0 aromatic rings. The normalized spacial score (nSPS) is 11.1. The van der Waals surface area contributed by atoms with Crippen LogP contribution in [0.4, 0.5) is 0 Å². The molecule has 14 heavy (non-hydrogen) atoms. The van der Waals surface area contributed by atoms with Gasteiger partial charge in [-0.15, -0.1) is 0 Å². The Balaban J connectivity index is 2.85. The van der Waals surface area contributed by atoms with Gasteiger partial charge in [-0.3, -0.25) is 0 Å². The van der Waals surface area contributed by atoms with Crippen LogP contribution >= 0.6 is 0 Å². The van der Waals surface area contributed by atoms with Gasteiger partial charge in [-0.2, -0.15) is 0 Å². The molecular weight excluding hydrogens is 184 g/mol. The van der Waals surface area contributed by atoms with E-state index < -0.39 is 0 Å². The van der Waals surface area contributed by atoms with E-state index in [1.165, 1.54) is 0 Å². The fraction of sp³-hybridized carbons (Fsp3) is 1.00. The molecule has 86 valence electrons. The highest BCUT2D eigenvalue weighted by atomic mass is 16.6. The molecule has 0 N–H and O–H groups in total. The van der Waals surface area contributed by atoms with E-state index in [-0.39, 0.29) is 6.10 Å². The summed E-state index contributed by atoms with van der Waals surface area (Å²) in [5.74, 6) is 0. The molecule has 0 bridgehead atoms. The highest BCUT2D eigenvalue weighted by molar-refractivity contribution is 4.37. The third-order valence-electron chi connectivity index (χ3n) is 1.48. The van der Waals surface area contributed by atoms with Crippen LogP contribution in [0.15, 0.2) is 0 Å². The standard InChI is InChI=1S/C10H22O4/c1-10(2)14-9-8-13-7-6-12-5-4-11-3/h10H,4-9H2,1-3H3. The fourth-order valence-corrected chi connectivity index (χ4v) is 0.807. The lowest BCUT2D eigenvalue weighted by molar-refractivity contribution is -0.00820. The Morgan fingerprint density at radius 3 is 1.79 bits per heavy atom. The Morgan fingerprint density at radius 1 is 0.786 bits per heavy atom. The minimum absolute atomic E-state index is 0.275. The van der Waals surface area contributed by atoms with Crippen molar-refractivity contribution in [3.05, 3.63) is 0 Å². The van der Waals surface area contributed by atoms with E-state index in [0.717, 1.165) is 0 Å². The van der Waals surface area contributed by atoms with Gasteiger partial charge in [0.15, 0.2) is 0 Å². The van der Waals surface area contributed by atoms with Crippen molar-refractivity contribution in [2.75, 3.05) is 46.8 Å². The first-order valence-corrected chi connectivity index (χ1v) is 5.03. The minimum atomic E-state index is 0.275. The largest absolute Gasteiger partial charge is 0.382 e. The zero-order chi connectivity index (χ0) is 10.6. The highest BCUT2D eigenvalue weighted by Gasteiger charge is 1.93. The first kappa shape index (κ1) is 13.8. The number of hydrogen-bond donors (Lipinski definition) is 0. The number of hydrogen-bond acceptors (Lipinski definition) is 4. The Morgan fingerprint density at radius 2 is 1.29 bits per heavy atom. The minimum Gasteiger partial charge on any atom is -0.382 e. The van der Waals surface area contributed by atoms with Crippen molar-refractivity contribution < 1.29 is 18.9 Å². The molecule has 0 heterocycles. The van der Waals surface area contributed by atoms with E-state index in [1.54, 1.807) is 7.11 Å². The molecule has 4 heteroatoms. The average molecular weight is 206 g/mol. The summed E-state index contributed by atoms with van der Waals surface area (Å²) in [5, 5.41) is 0.